The van der Waals surface area contributed by atoms with Crippen LogP contribution in [0.5, 0.6) is 0 Å². The molecule has 5 heteroatoms. The average molecular weight is 328 g/mol. The molecule has 2 rings (SSSR count). The first-order chi connectivity index (χ1) is 10.1. The van der Waals surface area contributed by atoms with Crippen LogP contribution in [-0.2, 0) is 4.79 Å². The van der Waals surface area contributed by atoms with Gasteiger partial charge in [0.15, 0.2) is 0 Å². The monoisotopic (exact) mass is 327 g/mol. The van der Waals surface area contributed by atoms with Gasteiger partial charge in [-0.25, -0.2) is 0 Å². The first kappa shape index (κ1) is 16.7. The Kier molecular flexibility index (Phi) is 6.40. The highest BCUT2D eigenvalue weighted by molar-refractivity contribution is 8.00. The van der Waals surface area contributed by atoms with Crippen molar-refractivity contribution in [3.8, 4) is 0 Å². The lowest BCUT2D eigenvalue weighted by molar-refractivity contribution is -0.121. The van der Waals surface area contributed by atoms with E-state index in [1.807, 2.05) is 31.2 Å². The fourth-order valence-corrected chi connectivity index (χ4v) is 3.69. The second-order valence-corrected chi connectivity index (χ2v) is 7.41. The second kappa shape index (κ2) is 8.06. The van der Waals surface area contributed by atoms with E-state index >= 15 is 0 Å². The predicted octanol–water partition coefficient (Wildman–Crippen LogP) is 3.49. The zero-order valence-corrected chi connectivity index (χ0v) is 13.8. The summed E-state index contributed by atoms with van der Waals surface area (Å²) < 4.78 is 0. The number of benzene rings is 1. The molecule has 1 aromatic carbocycles. The maximum atomic E-state index is 12.3. The van der Waals surface area contributed by atoms with Crippen molar-refractivity contribution in [2.24, 2.45) is 5.92 Å². The SMILES string of the molecule is CC(Sc1ccc(Cl)cc1)C(=O)NC1CCCCC1CO. The minimum absolute atomic E-state index is 0.0419. The normalized spacial score (nSPS) is 23.6. The van der Waals surface area contributed by atoms with Gasteiger partial charge < -0.3 is 10.4 Å². The standard InChI is InChI=1S/C16H22ClNO2S/c1-11(21-14-8-6-13(17)7-9-14)16(20)18-15-5-3-2-4-12(15)10-19/h6-9,11-12,15,19H,2-5,10H2,1H3,(H,18,20). The molecule has 0 radical (unpaired) electrons. The van der Waals surface area contributed by atoms with Crippen molar-refractivity contribution in [1.82, 2.24) is 5.32 Å². The number of aliphatic hydroxyl groups is 1. The molecule has 0 aliphatic heterocycles. The number of rotatable bonds is 5. The third kappa shape index (κ3) is 4.90. The van der Waals surface area contributed by atoms with Gasteiger partial charge >= 0.3 is 0 Å². The van der Waals surface area contributed by atoms with E-state index in [1.54, 1.807) is 0 Å². The van der Waals surface area contributed by atoms with Gasteiger partial charge in [0.05, 0.1) is 5.25 Å². The van der Waals surface area contributed by atoms with Crippen LogP contribution < -0.4 is 5.32 Å². The second-order valence-electron chi connectivity index (χ2n) is 5.56. The highest BCUT2D eigenvalue weighted by Gasteiger charge is 2.27. The topological polar surface area (TPSA) is 49.3 Å². The van der Waals surface area contributed by atoms with Crippen LogP contribution in [0.25, 0.3) is 0 Å². The first-order valence-corrected chi connectivity index (χ1v) is 8.69. The van der Waals surface area contributed by atoms with Crippen LogP contribution in [0.3, 0.4) is 0 Å². The van der Waals surface area contributed by atoms with Crippen molar-refractivity contribution in [1.29, 1.82) is 0 Å². The Morgan fingerprint density at radius 2 is 2.05 bits per heavy atom. The molecular formula is C16H22ClNO2S. The summed E-state index contributed by atoms with van der Waals surface area (Å²) in [4.78, 5) is 13.3. The molecule has 0 spiro atoms. The lowest BCUT2D eigenvalue weighted by Gasteiger charge is -2.31. The van der Waals surface area contributed by atoms with E-state index in [2.05, 4.69) is 5.32 Å². The molecule has 1 fully saturated rings. The Hall–Kier alpha value is -0.710. The highest BCUT2D eigenvalue weighted by atomic mass is 35.5. The number of carbonyl (C=O) groups is 1. The van der Waals surface area contributed by atoms with E-state index in [4.69, 9.17) is 11.6 Å². The molecule has 0 aromatic heterocycles. The van der Waals surface area contributed by atoms with Gasteiger partial charge in [-0.2, -0.15) is 0 Å². The maximum Gasteiger partial charge on any atom is 0.233 e. The van der Waals surface area contributed by atoms with Crippen LogP contribution in [0, 0.1) is 5.92 Å². The lowest BCUT2D eigenvalue weighted by Crippen LogP contribution is -2.46. The Morgan fingerprint density at radius 1 is 1.38 bits per heavy atom. The van der Waals surface area contributed by atoms with Gasteiger partial charge in [0.2, 0.25) is 5.91 Å². The summed E-state index contributed by atoms with van der Waals surface area (Å²) in [5, 5.41) is 13.0. The van der Waals surface area contributed by atoms with Crippen LogP contribution in [-0.4, -0.2) is 28.9 Å². The smallest absolute Gasteiger partial charge is 0.233 e. The Balaban J connectivity index is 1.88. The summed E-state index contributed by atoms with van der Waals surface area (Å²) in [7, 11) is 0. The van der Waals surface area contributed by atoms with Crippen LogP contribution in [0.4, 0.5) is 0 Å². The molecule has 0 bridgehead atoms. The van der Waals surface area contributed by atoms with Gasteiger partial charge in [0.1, 0.15) is 0 Å². The number of hydrogen-bond acceptors (Lipinski definition) is 3. The zero-order valence-electron chi connectivity index (χ0n) is 12.2. The van der Waals surface area contributed by atoms with E-state index in [9.17, 15) is 9.90 Å². The molecular weight excluding hydrogens is 306 g/mol. The summed E-state index contributed by atoms with van der Waals surface area (Å²) in [6.45, 7) is 2.06. The molecule has 1 aliphatic carbocycles. The molecule has 1 saturated carbocycles. The van der Waals surface area contributed by atoms with Gasteiger partial charge in [-0.05, 0) is 44.0 Å². The Bertz CT molecular complexity index is 466. The Labute approximate surface area is 135 Å². The maximum absolute atomic E-state index is 12.3. The van der Waals surface area contributed by atoms with Crippen molar-refractivity contribution >= 4 is 29.3 Å². The van der Waals surface area contributed by atoms with Gasteiger partial charge in [-0.15, -0.1) is 11.8 Å². The number of halogens is 1. The number of aliphatic hydroxyl groups excluding tert-OH is 1. The molecule has 3 atom stereocenters. The number of carbonyl (C=O) groups excluding carboxylic acids is 1. The summed E-state index contributed by atoms with van der Waals surface area (Å²) in [5.74, 6) is 0.246. The fourth-order valence-electron chi connectivity index (χ4n) is 2.69. The molecule has 21 heavy (non-hydrogen) atoms. The molecule has 116 valence electrons. The van der Waals surface area contributed by atoms with E-state index in [-0.39, 0.29) is 29.7 Å². The first-order valence-electron chi connectivity index (χ1n) is 7.43. The average Bonchev–Trinajstić information content (AvgIpc) is 2.50. The zero-order chi connectivity index (χ0) is 15.2. The minimum Gasteiger partial charge on any atom is -0.396 e. The molecule has 1 amide bonds. The molecule has 1 aliphatic rings. The van der Waals surface area contributed by atoms with Crippen LogP contribution >= 0.6 is 23.4 Å². The van der Waals surface area contributed by atoms with Crippen LogP contribution in [0.1, 0.15) is 32.6 Å². The molecule has 0 saturated heterocycles. The number of hydrogen-bond donors (Lipinski definition) is 2. The Morgan fingerprint density at radius 3 is 2.71 bits per heavy atom. The highest BCUT2D eigenvalue weighted by Crippen LogP contribution is 2.27. The molecule has 0 heterocycles. The number of amides is 1. The lowest BCUT2D eigenvalue weighted by atomic mass is 9.85. The molecule has 1 aromatic rings. The van der Waals surface area contributed by atoms with Gasteiger partial charge in [0.25, 0.3) is 0 Å². The fraction of sp³-hybridized carbons (Fsp3) is 0.562. The van der Waals surface area contributed by atoms with Gasteiger partial charge in [0, 0.05) is 28.5 Å². The summed E-state index contributed by atoms with van der Waals surface area (Å²) in [6.07, 6.45) is 4.24. The number of nitrogens with one attached hydrogen (secondary N) is 1. The van der Waals surface area contributed by atoms with Crippen molar-refractivity contribution in [3.05, 3.63) is 29.3 Å². The quantitative estimate of drug-likeness (QED) is 0.814. The summed E-state index contributed by atoms with van der Waals surface area (Å²) in [6, 6.07) is 7.63. The third-order valence-corrected chi connectivity index (χ3v) is 5.33. The van der Waals surface area contributed by atoms with Crippen molar-refractivity contribution in [2.75, 3.05) is 6.61 Å². The van der Waals surface area contributed by atoms with Crippen molar-refractivity contribution in [3.63, 3.8) is 0 Å². The van der Waals surface area contributed by atoms with E-state index in [0.717, 1.165) is 30.6 Å². The van der Waals surface area contributed by atoms with E-state index < -0.39 is 0 Å². The van der Waals surface area contributed by atoms with Gasteiger partial charge in [-0.3, -0.25) is 4.79 Å². The summed E-state index contributed by atoms with van der Waals surface area (Å²) >= 11 is 7.38. The van der Waals surface area contributed by atoms with E-state index in [1.165, 1.54) is 11.8 Å². The number of thioether (sulfide) groups is 1. The molecule has 3 nitrogen and oxygen atoms in total. The predicted molar refractivity (Wildman–Crippen MR) is 87.7 cm³/mol. The molecule has 3 unspecified atom stereocenters. The van der Waals surface area contributed by atoms with Gasteiger partial charge in [-0.1, -0.05) is 24.4 Å². The molecule has 2 N–H and O–H groups in total. The minimum atomic E-state index is -0.160. The third-order valence-electron chi connectivity index (χ3n) is 3.97. The van der Waals surface area contributed by atoms with Crippen molar-refractivity contribution in [2.45, 2.75) is 48.8 Å². The summed E-state index contributed by atoms with van der Waals surface area (Å²) in [5.41, 5.74) is 0. The van der Waals surface area contributed by atoms with Crippen LogP contribution in [0.2, 0.25) is 5.02 Å². The van der Waals surface area contributed by atoms with Crippen molar-refractivity contribution < 1.29 is 9.90 Å². The largest absolute Gasteiger partial charge is 0.396 e. The van der Waals surface area contributed by atoms with Crippen LogP contribution in [0.15, 0.2) is 29.2 Å². The van der Waals surface area contributed by atoms with E-state index in [0.29, 0.717) is 5.02 Å².